The highest BCUT2D eigenvalue weighted by molar-refractivity contribution is 4.85. The fourth-order valence-corrected chi connectivity index (χ4v) is 1.87. The van der Waals surface area contributed by atoms with Crippen LogP contribution >= 0.6 is 0 Å². The Morgan fingerprint density at radius 3 is 2.62 bits per heavy atom. The van der Waals surface area contributed by atoms with E-state index in [1.54, 1.807) is 7.11 Å². The Morgan fingerprint density at radius 2 is 1.92 bits per heavy atom. The van der Waals surface area contributed by atoms with Crippen molar-refractivity contribution in [1.29, 1.82) is 0 Å². The number of methoxy groups -OCH3 is 1. The summed E-state index contributed by atoms with van der Waals surface area (Å²) in [5.41, 5.74) is 0. The first-order valence-corrected chi connectivity index (χ1v) is 4.61. The molecule has 3 atom stereocenters. The quantitative estimate of drug-likeness (QED) is 0.612. The zero-order valence-corrected chi connectivity index (χ0v) is 8.28. The molecular weight excluding hydrogens is 172 g/mol. The summed E-state index contributed by atoms with van der Waals surface area (Å²) >= 11 is 0. The summed E-state index contributed by atoms with van der Waals surface area (Å²) in [7, 11) is 1.64. The van der Waals surface area contributed by atoms with Crippen LogP contribution in [0.15, 0.2) is 0 Å². The standard InChI is InChI=1S/C9H16O4/c1-9(2)12-6-4-8(10-3)11-5-7(6)13-9/h6-8H,4-5H2,1-3H3/t6-,7+,8+/m1/s1. The summed E-state index contributed by atoms with van der Waals surface area (Å²) < 4.78 is 21.9. The number of ether oxygens (including phenoxy) is 4. The number of fused-ring (bicyclic) bond motifs is 1. The van der Waals surface area contributed by atoms with Gasteiger partial charge >= 0.3 is 0 Å². The first-order valence-electron chi connectivity index (χ1n) is 4.61. The van der Waals surface area contributed by atoms with Crippen molar-refractivity contribution in [2.24, 2.45) is 0 Å². The summed E-state index contributed by atoms with van der Waals surface area (Å²) in [6.07, 6.45) is 0.804. The molecule has 2 heterocycles. The molecule has 4 nitrogen and oxygen atoms in total. The summed E-state index contributed by atoms with van der Waals surface area (Å²) in [5, 5.41) is 0. The lowest BCUT2D eigenvalue weighted by molar-refractivity contribution is -0.183. The Bertz CT molecular complexity index is 192. The lowest BCUT2D eigenvalue weighted by Gasteiger charge is -2.28. The molecule has 2 aliphatic rings. The van der Waals surface area contributed by atoms with E-state index in [9.17, 15) is 0 Å². The fourth-order valence-electron chi connectivity index (χ4n) is 1.87. The van der Waals surface area contributed by atoms with Crippen LogP contribution in [0.5, 0.6) is 0 Å². The van der Waals surface area contributed by atoms with Crippen LogP contribution in [-0.2, 0) is 18.9 Å². The first-order chi connectivity index (χ1) is 6.11. The van der Waals surface area contributed by atoms with Gasteiger partial charge in [0.25, 0.3) is 0 Å². The lowest BCUT2D eigenvalue weighted by Crippen LogP contribution is -2.39. The van der Waals surface area contributed by atoms with Crippen LogP contribution in [0.2, 0.25) is 0 Å². The highest BCUT2D eigenvalue weighted by atomic mass is 16.8. The predicted octanol–water partition coefficient (Wildman–Crippen LogP) is 0.899. The van der Waals surface area contributed by atoms with Crippen molar-refractivity contribution < 1.29 is 18.9 Å². The van der Waals surface area contributed by atoms with Gasteiger partial charge in [-0.2, -0.15) is 0 Å². The second-order valence-corrected chi connectivity index (χ2v) is 3.95. The smallest absolute Gasteiger partial charge is 0.163 e. The Hall–Kier alpha value is -0.160. The maximum atomic E-state index is 5.70. The number of hydrogen-bond acceptors (Lipinski definition) is 4. The fraction of sp³-hybridized carbons (Fsp3) is 1.00. The molecule has 0 unspecified atom stereocenters. The predicted molar refractivity (Wildman–Crippen MR) is 45.2 cm³/mol. The molecule has 0 spiro atoms. The highest BCUT2D eigenvalue weighted by Crippen LogP contribution is 2.33. The van der Waals surface area contributed by atoms with Gasteiger partial charge < -0.3 is 18.9 Å². The van der Waals surface area contributed by atoms with E-state index in [4.69, 9.17) is 18.9 Å². The van der Waals surface area contributed by atoms with Gasteiger partial charge in [0.05, 0.1) is 12.7 Å². The Balaban J connectivity index is 1.98. The van der Waals surface area contributed by atoms with Gasteiger partial charge in [0, 0.05) is 13.5 Å². The summed E-state index contributed by atoms with van der Waals surface area (Å²) in [4.78, 5) is 0. The van der Waals surface area contributed by atoms with Crippen molar-refractivity contribution in [2.75, 3.05) is 13.7 Å². The van der Waals surface area contributed by atoms with Crippen LogP contribution in [0.25, 0.3) is 0 Å². The lowest BCUT2D eigenvalue weighted by atomic mass is 10.1. The molecule has 0 bridgehead atoms. The Kier molecular flexibility index (Phi) is 2.32. The van der Waals surface area contributed by atoms with Crippen LogP contribution in [0, 0.1) is 0 Å². The van der Waals surface area contributed by atoms with Crippen molar-refractivity contribution in [1.82, 2.24) is 0 Å². The minimum absolute atomic E-state index is 0.0707. The van der Waals surface area contributed by atoms with E-state index in [-0.39, 0.29) is 18.5 Å². The largest absolute Gasteiger partial charge is 0.356 e. The van der Waals surface area contributed by atoms with E-state index >= 15 is 0 Å². The molecular formula is C9H16O4. The molecule has 0 saturated carbocycles. The third kappa shape index (κ3) is 1.86. The minimum atomic E-state index is -0.471. The van der Waals surface area contributed by atoms with Crippen LogP contribution < -0.4 is 0 Å². The van der Waals surface area contributed by atoms with Crippen LogP contribution in [0.3, 0.4) is 0 Å². The van der Waals surface area contributed by atoms with Crippen molar-refractivity contribution in [3.05, 3.63) is 0 Å². The number of rotatable bonds is 1. The zero-order chi connectivity index (χ0) is 9.47. The molecule has 2 aliphatic heterocycles. The highest BCUT2D eigenvalue weighted by Gasteiger charge is 2.45. The van der Waals surface area contributed by atoms with E-state index in [2.05, 4.69) is 0 Å². The van der Waals surface area contributed by atoms with E-state index in [0.29, 0.717) is 6.61 Å². The molecule has 0 aliphatic carbocycles. The van der Waals surface area contributed by atoms with Crippen LogP contribution in [0.4, 0.5) is 0 Å². The molecule has 0 radical (unpaired) electrons. The van der Waals surface area contributed by atoms with Gasteiger partial charge in [0.2, 0.25) is 0 Å². The van der Waals surface area contributed by atoms with Crippen molar-refractivity contribution in [2.45, 2.75) is 44.6 Å². The monoisotopic (exact) mass is 188 g/mol. The van der Waals surface area contributed by atoms with Crippen molar-refractivity contribution in [3.63, 3.8) is 0 Å². The van der Waals surface area contributed by atoms with Crippen molar-refractivity contribution in [3.8, 4) is 0 Å². The van der Waals surface area contributed by atoms with Gasteiger partial charge in [-0.3, -0.25) is 0 Å². The van der Waals surface area contributed by atoms with Gasteiger partial charge in [-0.1, -0.05) is 0 Å². The minimum Gasteiger partial charge on any atom is -0.356 e. The second kappa shape index (κ2) is 3.20. The Labute approximate surface area is 78.1 Å². The molecule has 4 heteroatoms. The average Bonchev–Trinajstić information content (AvgIpc) is 2.36. The van der Waals surface area contributed by atoms with Crippen molar-refractivity contribution >= 4 is 0 Å². The van der Waals surface area contributed by atoms with E-state index in [0.717, 1.165) is 6.42 Å². The first kappa shape index (κ1) is 9.40. The third-order valence-corrected chi connectivity index (χ3v) is 2.42. The molecule has 2 rings (SSSR count). The van der Waals surface area contributed by atoms with Gasteiger partial charge in [0.15, 0.2) is 12.1 Å². The van der Waals surface area contributed by atoms with Gasteiger partial charge in [-0.25, -0.2) is 0 Å². The topological polar surface area (TPSA) is 36.9 Å². The van der Waals surface area contributed by atoms with Gasteiger partial charge in [-0.15, -0.1) is 0 Å². The molecule has 0 aromatic carbocycles. The second-order valence-electron chi connectivity index (χ2n) is 3.95. The van der Waals surface area contributed by atoms with E-state index in [1.165, 1.54) is 0 Å². The summed E-state index contributed by atoms with van der Waals surface area (Å²) in [6, 6.07) is 0. The molecule has 0 aromatic heterocycles. The average molecular weight is 188 g/mol. The molecule has 0 aromatic rings. The SMILES string of the molecule is CO[C@@H]1C[C@H]2OC(C)(C)O[C@H]2CO1. The maximum Gasteiger partial charge on any atom is 0.163 e. The molecule has 2 saturated heterocycles. The van der Waals surface area contributed by atoms with Crippen LogP contribution in [-0.4, -0.2) is 38.0 Å². The van der Waals surface area contributed by atoms with E-state index < -0.39 is 5.79 Å². The normalized spacial score (nSPS) is 43.2. The van der Waals surface area contributed by atoms with Gasteiger partial charge in [-0.05, 0) is 13.8 Å². The molecule has 0 amide bonds. The number of hydrogen-bond donors (Lipinski definition) is 0. The molecule has 2 fully saturated rings. The summed E-state index contributed by atoms with van der Waals surface area (Å²) in [5.74, 6) is -0.471. The molecule has 13 heavy (non-hydrogen) atoms. The van der Waals surface area contributed by atoms with Crippen LogP contribution in [0.1, 0.15) is 20.3 Å². The maximum absolute atomic E-state index is 5.70. The zero-order valence-electron chi connectivity index (χ0n) is 8.28. The van der Waals surface area contributed by atoms with E-state index in [1.807, 2.05) is 13.8 Å². The summed E-state index contributed by atoms with van der Waals surface area (Å²) in [6.45, 7) is 4.41. The third-order valence-electron chi connectivity index (χ3n) is 2.42. The van der Waals surface area contributed by atoms with Gasteiger partial charge in [0.1, 0.15) is 6.10 Å². The Morgan fingerprint density at radius 1 is 1.23 bits per heavy atom. The molecule has 76 valence electrons. The molecule has 0 N–H and O–H groups in total.